The second-order valence-electron chi connectivity index (χ2n) is 6.78. The van der Waals surface area contributed by atoms with Crippen LogP contribution in [-0.4, -0.2) is 33.2 Å². The number of benzene rings is 2. The van der Waals surface area contributed by atoms with Crippen molar-refractivity contribution in [3.63, 3.8) is 0 Å². The molecule has 0 fully saturated rings. The molecule has 3 aromatic rings. The molecule has 154 valence electrons. The van der Waals surface area contributed by atoms with Crippen LogP contribution in [0.1, 0.15) is 16.1 Å². The second-order valence-corrected chi connectivity index (χ2v) is 7.65. The SMILES string of the molecule is NC(=O)c1c(-c2cccc(F)c2)nn2c1CN(C(=O)Nc1cc(Cl)cc(Cl)c1)CC2. The van der Waals surface area contributed by atoms with Gasteiger partial charge in [0.05, 0.1) is 24.3 Å². The van der Waals surface area contributed by atoms with E-state index in [1.54, 1.807) is 28.9 Å². The molecule has 0 saturated heterocycles. The maximum Gasteiger partial charge on any atom is 0.322 e. The number of nitrogens with two attached hydrogens (primary N) is 1. The van der Waals surface area contributed by atoms with Gasteiger partial charge in [0.1, 0.15) is 11.5 Å². The van der Waals surface area contributed by atoms with Gasteiger partial charge < -0.3 is 16.0 Å². The van der Waals surface area contributed by atoms with Gasteiger partial charge in [-0.1, -0.05) is 35.3 Å². The van der Waals surface area contributed by atoms with Gasteiger partial charge in [-0.25, -0.2) is 9.18 Å². The summed E-state index contributed by atoms with van der Waals surface area (Å²) < 4.78 is 15.3. The van der Waals surface area contributed by atoms with Gasteiger partial charge in [-0.15, -0.1) is 0 Å². The van der Waals surface area contributed by atoms with E-state index in [0.717, 1.165) is 0 Å². The van der Waals surface area contributed by atoms with Crippen molar-refractivity contribution in [1.82, 2.24) is 14.7 Å². The zero-order chi connectivity index (χ0) is 21.4. The summed E-state index contributed by atoms with van der Waals surface area (Å²) in [4.78, 5) is 26.4. The number of rotatable bonds is 3. The minimum Gasteiger partial charge on any atom is -0.365 e. The Hall–Kier alpha value is -3.10. The van der Waals surface area contributed by atoms with Crippen molar-refractivity contribution in [2.45, 2.75) is 13.1 Å². The lowest BCUT2D eigenvalue weighted by atomic mass is 10.0. The van der Waals surface area contributed by atoms with Gasteiger partial charge in [0.25, 0.3) is 5.91 Å². The van der Waals surface area contributed by atoms with Gasteiger partial charge >= 0.3 is 6.03 Å². The number of carbonyl (C=O) groups excluding carboxylic acids is 2. The molecule has 2 aromatic carbocycles. The molecule has 1 aliphatic rings. The highest BCUT2D eigenvalue weighted by atomic mass is 35.5. The van der Waals surface area contributed by atoms with Crippen molar-refractivity contribution >= 4 is 40.8 Å². The highest BCUT2D eigenvalue weighted by molar-refractivity contribution is 6.35. The number of hydrogen-bond acceptors (Lipinski definition) is 3. The largest absolute Gasteiger partial charge is 0.365 e. The van der Waals surface area contributed by atoms with Crippen LogP contribution in [0.2, 0.25) is 10.0 Å². The number of primary amides is 1. The van der Waals surface area contributed by atoms with Crippen molar-refractivity contribution in [2.24, 2.45) is 5.73 Å². The molecule has 0 atom stereocenters. The Bertz CT molecular complexity index is 1140. The highest BCUT2D eigenvalue weighted by Gasteiger charge is 2.29. The average Bonchev–Trinajstić information content (AvgIpc) is 3.06. The van der Waals surface area contributed by atoms with Crippen LogP contribution in [0.25, 0.3) is 11.3 Å². The third-order valence-electron chi connectivity index (χ3n) is 4.73. The second kappa shape index (κ2) is 7.97. The van der Waals surface area contributed by atoms with Crippen molar-refractivity contribution in [1.29, 1.82) is 0 Å². The van der Waals surface area contributed by atoms with Crippen molar-refractivity contribution in [3.8, 4) is 11.3 Å². The molecule has 0 saturated carbocycles. The fourth-order valence-electron chi connectivity index (χ4n) is 3.42. The maximum absolute atomic E-state index is 13.7. The normalized spacial score (nSPS) is 13.1. The molecule has 4 rings (SSSR count). The molecule has 3 N–H and O–H groups in total. The number of anilines is 1. The van der Waals surface area contributed by atoms with Crippen LogP contribution in [-0.2, 0) is 13.1 Å². The Kier molecular flexibility index (Phi) is 5.36. The number of nitrogens with zero attached hydrogens (tertiary/aromatic N) is 3. The standard InChI is InChI=1S/C20H16Cl2FN5O2/c21-12-7-13(22)9-15(8-12)25-20(30)27-4-5-28-16(10-27)17(19(24)29)18(26-28)11-2-1-3-14(23)6-11/h1-3,6-9H,4-5,10H2,(H2,24,29)(H,25,30). The molecule has 0 spiro atoms. The summed E-state index contributed by atoms with van der Waals surface area (Å²) in [6.07, 6.45) is 0. The first kappa shape index (κ1) is 20.2. The lowest BCUT2D eigenvalue weighted by Crippen LogP contribution is -2.41. The van der Waals surface area contributed by atoms with Gasteiger partial charge in [-0.3, -0.25) is 9.48 Å². The summed E-state index contributed by atoms with van der Waals surface area (Å²) in [5.41, 5.74) is 7.45. The molecule has 0 unspecified atom stereocenters. The molecule has 2 heterocycles. The van der Waals surface area contributed by atoms with E-state index in [9.17, 15) is 14.0 Å². The van der Waals surface area contributed by atoms with E-state index in [4.69, 9.17) is 28.9 Å². The molecular weight excluding hydrogens is 432 g/mol. The number of aromatic nitrogens is 2. The van der Waals surface area contributed by atoms with Crippen LogP contribution < -0.4 is 11.1 Å². The number of nitrogens with one attached hydrogen (secondary N) is 1. The highest BCUT2D eigenvalue weighted by Crippen LogP contribution is 2.29. The van der Waals surface area contributed by atoms with Gasteiger partial charge in [0.15, 0.2) is 0 Å². The quantitative estimate of drug-likeness (QED) is 0.631. The molecule has 1 aromatic heterocycles. The van der Waals surface area contributed by atoms with Gasteiger partial charge in [-0.2, -0.15) is 5.10 Å². The zero-order valence-corrected chi connectivity index (χ0v) is 17.0. The predicted molar refractivity (Wildman–Crippen MR) is 112 cm³/mol. The average molecular weight is 448 g/mol. The molecule has 10 heteroatoms. The molecule has 3 amide bonds. The Morgan fingerprint density at radius 3 is 2.50 bits per heavy atom. The van der Waals surface area contributed by atoms with E-state index in [1.807, 2.05) is 0 Å². The number of urea groups is 1. The molecule has 0 bridgehead atoms. The minimum absolute atomic E-state index is 0.112. The lowest BCUT2D eigenvalue weighted by Gasteiger charge is -2.28. The predicted octanol–water partition coefficient (Wildman–Crippen LogP) is 4.14. The fourth-order valence-corrected chi connectivity index (χ4v) is 3.94. The van der Waals surface area contributed by atoms with Crippen LogP contribution in [0.4, 0.5) is 14.9 Å². The topological polar surface area (TPSA) is 93.2 Å². The third kappa shape index (κ3) is 3.96. The van der Waals surface area contributed by atoms with Gasteiger partial charge in [-0.05, 0) is 30.3 Å². The molecule has 0 aliphatic carbocycles. The molecule has 30 heavy (non-hydrogen) atoms. The monoisotopic (exact) mass is 447 g/mol. The third-order valence-corrected chi connectivity index (χ3v) is 5.16. The van der Waals surface area contributed by atoms with E-state index >= 15 is 0 Å². The Morgan fingerprint density at radius 1 is 1.10 bits per heavy atom. The summed E-state index contributed by atoms with van der Waals surface area (Å²) in [5, 5.41) is 7.97. The number of halogens is 3. The van der Waals surface area contributed by atoms with Crippen LogP contribution in [0, 0.1) is 5.82 Å². The smallest absolute Gasteiger partial charge is 0.322 e. The summed E-state index contributed by atoms with van der Waals surface area (Å²) in [6.45, 7) is 0.824. The molecule has 1 aliphatic heterocycles. The molecular formula is C20H16Cl2FN5O2. The van der Waals surface area contributed by atoms with E-state index in [1.165, 1.54) is 23.1 Å². The van der Waals surface area contributed by atoms with Crippen molar-refractivity contribution < 1.29 is 14.0 Å². The number of amides is 3. The number of hydrogen-bond donors (Lipinski definition) is 2. The Labute approximate surface area is 181 Å². The van der Waals surface area contributed by atoms with Crippen LogP contribution in [0.3, 0.4) is 0 Å². The van der Waals surface area contributed by atoms with E-state index < -0.39 is 11.7 Å². The van der Waals surface area contributed by atoms with Crippen molar-refractivity contribution in [2.75, 3.05) is 11.9 Å². The summed E-state index contributed by atoms with van der Waals surface area (Å²) in [5.74, 6) is -1.14. The first-order valence-electron chi connectivity index (χ1n) is 8.99. The lowest BCUT2D eigenvalue weighted by molar-refractivity contribution is 0.0997. The molecule has 7 nitrogen and oxygen atoms in total. The zero-order valence-electron chi connectivity index (χ0n) is 15.5. The first-order valence-corrected chi connectivity index (χ1v) is 9.75. The van der Waals surface area contributed by atoms with Crippen LogP contribution in [0.5, 0.6) is 0 Å². The maximum atomic E-state index is 13.7. The summed E-state index contributed by atoms with van der Waals surface area (Å²) in [6, 6.07) is 10.1. The Morgan fingerprint density at radius 2 is 1.83 bits per heavy atom. The summed E-state index contributed by atoms with van der Waals surface area (Å²) >= 11 is 11.9. The minimum atomic E-state index is -0.695. The van der Waals surface area contributed by atoms with E-state index in [0.29, 0.717) is 45.8 Å². The van der Waals surface area contributed by atoms with Gasteiger partial charge in [0, 0.05) is 27.8 Å². The molecule has 0 radical (unpaired) electrons. The summed E-state index contributed by atoms with van der Waals surface area (Å²) in [7, 11) is 0. The van der Waals surface area contributed by atoms with Crippen LogP contribution >= 0.6 is 23.2 Å². The van der Waals surface area contributed by atoms with Crippen LogP contribution in [0.15, 0.2) is 42.5 Å². The van der Waals surface area contributed by atoms with Crippen molar-refractivity contribution in [3.05, 3.63) is 69.6 Å². The van der Waals surface area contributed by atoms with E-state index in [-0.39, 0.29) is 18.1 Å². The first-order chi connectivity index (χ1) is 14.3. The van der Waals surface area contributed by atoms with Gasteiger partial charge in [0.2, 0.25) is 0 Å². The fraction of sp³-hybridized carbons (Fsp3) is 0.150. The number of carbonyl (C=O) groups is 2. The Balaban J connectivity index is 1.63. The van der Waals surface area contributed by atoms with E-state index in [2.05, 4.69) is 10.4 Å². The number of fused-ring (bicyclic) bond motifs is 1.